The average Bonchev–Trinajstić information content (AvgIpc) is 2.30. The van der Waals surface area contributed by atoms with Crippen molar-refractivity contribution in [2.75, 3.05) is 0 Å². The summed E-state index contributed by atoms with van der Waals surface area (Å²) in [6.07, 6.45) is 1.61. The van der Waals surface area contributed by atoms with E-state index in [1.807, 2.05) is 38.1 Å². The molecular weight excluding hydrogens is 236 g/mol. The van der Waals surface area contributed by atoms with Crippen LogP contribution in [0, 0.1) is 0 Å². The van der Waals surface area contributed by atoms with Crippen LogP contribution in [0.2, 0.25) is 5.02 Å². The maximum Gasteiger partial charge on any atom is 0.237 e. The van der Waals surface area contributed by atoms with Crippen molar-refractivity contribution in [1.82, 2.24) is 5.32 Å². The highest BCUT2D eigenvalue weighted by atomic mass is 35.5. The molecule has 2 unspecified atom stereocenters. The van der Waals surface area contributed by atoms with E-state index in [0.29, 0.717) is 11.4 Å². The topological polar surface area (TPSA) is 55.1 Å². The second-order valence-electron chi connectivity index (χ2n) is 4.18. The third-order valence-corrected chi connectivity index (χ3v) is 2.92. The molecule has 0 aromatic heterocycles. The Morgan fingerprint density at radius 3 is 2.53 bits per heavy atom. The number of halogens is 1. The van der Waals surface area contributed by atoms with Gasteiger partial charge in [-0.1, -0.05) is 37.1 Å². The van der Waals surface area contributed by atoms with Gasteiger partial charge >= 0.3 is 0 Å². The van der Waals surface area contributed by atoms with Crippen LogP contribution in [0.3, 0.4) is 0 Å². The minimum atomic E-state index is -0.422. The smallest absolute Gasteiger partial charge is 0.237 e. The van der Waals surface area contributed by atoms with Gasteiger partial charge in [0.05, 0.1) is 12.1 Å². The molecule has 0 aliphatic rings. The highest BCUT2D eigenvalue weighted by Crippen LogP contribution is 2.16. The fraction of sp³-hybridized carbons (Fsp3) is 0.462. The highest BCUT2D eigenvalue weighted by Gasteiger charge is 2.15. The van der Waals surface area contributed by atoms with Crippen LogP contribution in [-0.4, -0.2) is 11.9 Å². The molecule has 94 valence electrons. The highest BCUT2D eigenvalue weighted by molar-refractivity contribution is 6.30. The summed E-state index contributed by atoms with van der Waals surface area (Å²) in [5.41, 5.74) is 6.76. The number of amides is 1. The Morgan fingerprint density at radius 1 is 1.41 bits per heavy atom. The molecule has 2 atom stereocenters. The van der Waals surface area contributed by atoms with E-state index in [4.69, 9.17) is 17.3 Å². The van der Waals surface area contributed by atoms with Crippen molar-refractivity contribution in [3.63, 3.8) is 0 Å². The SMILES string of the molecule is CCCC(N)C(=O)NC(C)c1ccc(Cl)cc1. The Balaban J connectivity index is 2.57. The second kappa shape index (κ2) is 6.62. The van der Waals surface area contributed by atoms with E-state index < -0.39 is 6.04 Å². The summed E-state index contributed by atoms with van der Waals surface area (Å²) < 4.78 is 0. The van der Waals surface area contributed by atoms with Crippen molar-refractivity contribution in [2.24, 2.45) is 5.73 Å². The number of benzene rings is 1. The van der Waals surface area contributed by atoms with Crippen LogP contribution in [0.5, 0.6) is 0 Å². The molecule has 0 heterocycles. The molecule has 0 saturated heterocycles. The van der Waals surface area contributed by atoms with Crippen molar-refractivity contribution in [2.45, 2.75) is 38.8 Å². The molecular formula is C13H19ClN2O. The molecule has 1 aromatic rings. The standard InChI is InChI=1S/C13H19ClN2O/c1-3-4-12(15)13(17)16-9(2)10-5-7-11(14)8-6-10/h5-9,12H,3-4,15H2,1-2H3,(H,16,17). The van der Waals surface area contributed by atoms with Gasteiger partial charge in [0.2, 0.25) is 5.91 Å². The average molecular weight is 255 g/mol. The molecule has 1 amide bonds. The van der Waals surface area contributed by atoms with Crippen LogP contribution >= 0.6 is 11.6 Å². The first-order valence-corrected chi connectivity index (χ1v) is 6.23. The van der Waals surface area contributed by atoms with Gasteiger partial charge < -0.3 is 11.1 Å². The van der Waals surface area contributed by atoms with Gasteiger partial charge in [0.25, 0.3) is 0 Å². The molecule has 0 bridgehead atoms. The van der Waals surface area contributed by atoms with E-state index in [-0.39, 0.29) is 11.9 Å². The fourth-order valence-corrected chi connectivity index (χ4v) is 1.72. The predicted molar refractivity (Wildman–Crippen MR) is 70.9 cm³/mol. The predicted octanol–water partition coefficient (Wildman–Crippen LogP) is 2.64. The van der Waals surface area contributed by atoms with Gasteiger partial charge in [-0.05, 0) is 31.0 Å². The summed E-state index contributed by atoms with van der Waals surface area (Å²) >= 11 is 5.81. The lowest BCUT2D eigenvalue weighted by Gasteiger charge is -2.17. The summed E-state index contributed by atoms with van der Waals surface area (Å²) in [5.74, 6) is -0.102. The van der Waals surface area contributed by atoms with Gasteiger partial charge in [-0.15, -0.1) is 0 Å². The van der Waals surface area contributed by atoms with Crippen molar-refractivity contribution in [3.8, 4) is 0 Å². The zero-order chi connectivity index (χ0) is 12.8. The lowest BCUT2D eigenvalue weighted by Crippen LogP contribution is -2.41. The normalized spacial score (nSPS) is 14.1. The first-order valence-electron chi connectivity index (χ1n) is 5.86. The third-order valence-electron chi connectivity index (χ3n) is 2.67. The first kappa shape index (κ1) is 14.0. The second-order valence-corrected chi connectivity index (χ2v) is 4.61. The maximum absolute atomic E-state index is 11.7. The number of nitrogens with one attached hydrogen (secondary N) is 1. The van der Waals surface area contributed by atoms with Crippen molar-refractivity contribution in [1.29, 1.82) is 0 Å². The van der Waals surface area contributed by atoms with Gasteiger partial charge in [0.15, 0.2) is 0 Å². The molecule has 0 aliphatic heterocycles. The summed E-state index contributed by atoms with van der Waals surface area (Å²) in [7, 11) is 0. The number of carbonyl (C=O) groups excluding carboxylic acids is 1. The van der Waals surface area contributed by atoms with Crippen molar-refractivity contribution in [3.05, 3.63) is 34.9 Å². The minimum absolute atomic E-state index is 0.0531. The molecule has 1 rings (SSSR count). The lowest BCUT2D eigenvalue weighted by molar-refractivity contribution is -0.123. The van der Waals surface area contributed by atoms with Crippen molar-refractivity contribution < 1.29 is 4.79 Å². The van der Waals surface area contributed by atoms with Crippen LogP contribution in [0.25, 0.3) is 0 Å². The van der Waals surface area contributed by atoms with E-state index in [1.54, 1.807) is 0 Å². The number of hydrogen-bond donors (Lipinski definition) is 2. The molecule has 4 heteroatoms. The van der Waals surface area contributed by atoms with Crippen LogP contribution < -0.4 is 11.1 Å². The molecule has 17 heavy (non-hydrogen) atoms. The Kier molecular flexibility index (Phi) is 5.45. The third kappa shape index (κ3) is 4.36. The lowest BCUT2D eigenvalue weighted by atomic mass is 10.1. The van der Waals surface area contributed by atoms with Crippen LogP contribution in [0.4, 0.5) is 0 Å². The van der Waals surface area contributed by atoms with E-state index in [0.717, 1.165) is 12.0 Å². The number of nitrogens with two attached hydrogens (primary N) is 1. The summed E-state index contributed by atoms with van der Waals surface area (Å²) in [6.45, 7) is 3.94. The molecule has 0 radical (unpaired) electrons. The van der Waals surface area contributed by atoms with Crippen LogP contribution in [0.1, 0.15) is 38.3 Å². The molecule has 1 aromatic carbocycles. The number of rotatable bonds is 5. The van der Waals surface area contributed by atoms with Gasteiger partial charge in [0, 0.05) is 5.02 Å². The Labute approximate surface area is 107 Å². The molecule has 3 nitrogen and oxygen atoms in total. The fourth-order valence-electron chi connectivity index (χ4n) is 1.60. The summed E-state index contributed by atoms with van der Waals surface area (Å²) in [4.78, 5) is 11.7. The Morgan fingerprint density at radius 2 is 2.00 bits per heavy atom. The molecule has 0 aliphatic carbocycles. The van der Waals surface area contributed by atoms with Gasteiger partial charge in [0.1, 0.15) is 0 Å². The minimum Gasteiger partial charge on any atom is -0.348 e. The summed E-state index contributed by atoms with van der Waals surface area (Å²) in [6, 6.07) is 6.95. The van der Waals surface area contributed by atoms with E-state index in [1.165, 1.54) is 0 Å². The van der Waals surface area contributed by atoms with E-state index in [2.05, 4.69) is 5.32 Å². The largest absolute Gasteiger partial charge is 0.348 e. The quantitative estimate of drug-likeness (QED) is 0.849. The zero-order valence-corrected chi connectivity index (χ0v) is 11.0. The van der Waals surface area contributed by atoms with Crippen LogP contribution in [-0.2, 0) is 4.79 Å². The Bertz CT molecular complexity index is 364. The van der Waals surface area contributed by atoms with Crippen molar-refractivity contribution >= 4 is 17.5 Å². The monoisotopic (exact) mass is 254 g/mol. The molecule has 0 fully saturated rings. The van der Waals surface area contributed by atoms with Gasteiger partial charge in [-0.25, -0.2) is 0 Å². The number of hydrogen-bond acceptors (Lipinski definition) is 2. The summed E-state index contributed by atoms with van der Waals surface area (Å²) in [5, 5.41) is 3.58. The van der Waals surface area contributed by atoms with E-state index >= 15 is 0 Å². The Hall–Kier alpha value is -1.06. The molecule has 0 saturated carbocycles. The zero-order valence-electron chi connectivity index (χ0n) is 10.2. The van der Waals surface area contributed by atoms with Gasteiger partial charge in [-0.3, -0.25) is 4.79 Å². The number of carbonyl (C=O) groups is 1. The maximum atomic E-state index is 11.7. The van der Waals surface area contributed by atoms with Crippen LogP contribution in [0.15, 0.2) is 24.3 Å². The van der Waals surface area contributed by atoms with Gasteiger partial charge in [-0.2, -0.15) is 0 Å². The first-order chi connectivity index (χ1) is 8.04. The molecule has 0 spiro atoms. The van der Waals surface area contributed by atoms with E-state index in [9.17, 15) is 4.79 Å². The molecule has 3 N–H and O–H groups in total.